The fourth-order valence-corrected chi connectivity index (χ4v) is 3.23. The van der Waals surface area contributed by atoms with Crippen LogP contribution in [0.2, 0.25) is 0 Å². The highest BCUT2D eigenvalue weighted by Crippen LogP contribution is 2.30. The SMILES string of the molecule is CC(=O)N1CCC(c2cc(N3C(=O)OCC3C)nc(C)n2)CC1. The Morgan fingerprint density at radius 2 is 2.00 bits per heavy atom. The minimum Gasteiger partial charge on any atom is -0.447 e. The van der Waals surface area contributed by atoms with Gasteiger partial charge in [0.2, 0.25) is 5.91 Å². The number of cyclic esters (lactones) is 1. The van der Waals surface area contributed by atoms with Crippen LogP contribution < -0.4 is 4.90 Å². The second-order valence-electron chi connectivity index (χ2n) is 6.27. The highest BCUT2D eigenvalue weighted by atomic mass is 16.6. The van der Waals surface area contributed by atoms with Crippen molar-refractivity contribution in [3.63, 3.8) is 0 Å². The lowest BCUT2D eigenvalue weighted by Gasteiger charge is -2.31. The molecule has 3 heterocycles. The molecule has 0 bridgehead atoms. The van der Waals surface area contributed by atoms with Gasteiger partial charge in [0.1, 0.15) is 18.2 Å². The van der Waals surface area contributed by atoms with E-state index < -0.39 is 0 Å². The number of hydrogen-bond donors (Lipinski definition) is 0. The fourth-order valence-electron chi connectivity index (χ4n) is 3.23. The van der Waals surface area contributed by atoms with Crippen molar-refractivity contribution in [2.45, 2.75) is 45.6 Å². The van der Waals surface area contributed by atoms with Gasteiger partial charge in [-0.15, -0.1) is 0 Å². The Labute approximate surface area is 135 Å². The molecule has 7 heteroatoms. The standard InChI is InChI=1S/C16H22N4O3/c1-10-9-23-16(22)20(10)15-8-14(17-11(2)18-15)13-4-6-19(7-5-13)12(3)21/h8,10,13H,4-7,9H2,1-3H3. The maximum atomic E-state index is 11.9. The molecule has 124 valence electrons. The molecule has 23 heavy (non-hydrogen) atoms. The van der Waals surface area contributed by atoms with Gasteiger partial charge in [0, 0.05) is 37.7 Å². The molecule has 0 N–H and O–H groups in total. The van der Waals surface area contributed by atoms with Crippen LogP contribution >= 0.6 is 0 Å². The molecule has 3 rings (SSSR count). The monoisotopic (exact) mass is 318 g/mol. The molecule has 0 radical (unpaired) electrons. The number of likely N-dealkylation sites (tertiary alicyclic amines) is 1. The van der Waals surface area contributed by atoms with Crippen LogP contribution in [-0.2, 0) is 9.53 Å². The van der Waals surface area contributed by atoms with Crippen molar-refractivity contribution in [1.82, 2.24) is 14.9 Å². The van der Waals surface area contributed by atoms with E-state index in [1.807, 2.05) is 24.8 Å². The molecule has 2 fully saturated rings. The summed E-state index contributed by atoms with van der Waals surface area (Å²) in [6.45, 7) is 7.26. The van der Waals surface area contributed by atoms with Crippen LogP contribution in [0.3, 0.4) is 0 Å². The molecule has 2 aliphatic heterocycles. The first-order chi connectivity index (χ1) is 11.0. The zero-order chi connectivity index (χ0) is 16.6. The van der Waals surface area contributed by atoms with E-state index in [0.29, 0.717) is 24.2 Å². The zero-order valence-corrected chi connectivity index (χ0v) is 13.8. The topological polar surface area (TPSA) is 75.6 Å². The van der Waals surface area contributed by atoms with Gasteiger partial charge in [-0.2, -0.15) is 0 Å². The molecule has 2 aliphatic rings. The lowest BCUT2D eigenvalue weighted by atomic mass is 9.93. The van der Waals surface area contributed by atoms with Gasteiger partial charge >= 0.3 is 6.09 Å². The van der Waals surface area contributed by atoms with Gasteiger partial charge in [-0.05, 0) is 26.7 Å². The molecular formula is C16H22N4O3. The van der Waals surface area contributed by atoms with Crippen molar-refractivity contribution in [3.05, 3.63) is 17.6 Å². The van der Waals surface area contributed by atoms with Crippen molar-refractivity contribution in [2.24, 2.45) is 0 Å². The van der Waals surface area contributed by atoms with Crippen LogP contribution in [0.4, 0.5) is 10.6 Å². The van der Waals surface area contributed by atoms with Crippen LogP contribution in [-0.4, -0.2) is 52.6 Å². The van der Waals surface area contributed by atoms with Crippen LogP contribution in [0.15, 0.2) is 6.07 Å². The van der Waals surface area contributed by atoms with Gasteiger partial charge in [-0.1, -0.05) is 0 Å². The number of carbonyl (C=O) groups excluding carboxylic acids is 2. The number of nitrogens with zero attached hydrogens (tertiary/aromatic N) is 4. The first-order valence-corrected chi connectivity index (χ1v) is 8.03. The third-order valence-corrected chi connectivity index (χ3v) is 4.54. The number of carbonyl (C=O) groups is 2. The Hall–Kier alpha value is -2.18. The second-order valence-corrected chi connectivity index (χ2v) is 6.27. The molecule has 0 spiro atoms. The Bertz CT molecular complexity index is 626. The van der Waals surface area contributed by atoms with E-state index in [1.54, 1.807) is 11.8 Å². The molecular weight excluding hydrogens is 296 g/mol. The molecule has 1 aromatic rings. The van der Waals surface area contributed by atoms with E-state index in [9.17, 15) is 9.59 Å². The van der Waals surface area contributed by atoms with Crippen LogP contribution in [0, 0.1) is 6.92 Å². The van der Waals surface area contributed by atoms with Gasteiger partial charge in [0.25, 0.3) is 0 Å². The summed E-state index contributed by atoms with van der Waals surface area (Å²) in [5, 5.41) is 0. The quantitative estimate of drug-likeness (QED) is 0.832. The molecule has 1 unspecified atom stereocenters. The van der Waals surface area contributed by atoms with Gasteiger partial charge in [0.05, 0.1) is 6.04 Å². The van der Waals surface area contributed by atoms with E-state index in [1.165, 1.54) is 0 Å². The van der Waals surface area contributed by atoms with Crippen LogP contribution in [0.1, 0.15) is 44.1 Å². The number of aryl methyl sites for hydroxylation is 1. The Morgan fingerprint density at radius 3 is 2.57 bits per heavy atom. The molecule has 0 saturated carbocycles. The minimum atomic E-state index is -0.354. The van der Waals surface area contributed by atoms with Gasteiger partial charge < -0.3 is 9.64 Å². The van der Waals surface area contributed by atoms with Crippen molar-refractivity contribution in [2.75, 3.05) is 24.6 Å². The van der Waals surface area contributed by atoms with Gasteiger partial charge in [0.15, 0.2) is 0 Å². The van der Waals surface area contributed by atoms with E-state index in [0.717, 1.165) is 31.6 Å². The van der Waals surface area contributed by atoms with Crippen molar-refractivity contribution in [3.8, 4) is 0 Å². The molecule has 0 aliphatic carbocycles. The smallest absolute Gasteiger partial charge is 0.415 e. The van der Waals surface area contributed by atoms with E-state index in [-0.39, 0.29) is 18.0 Å². The average Bonchev–Trinajstić information content (AvgIpc) is 2.85. The van der Waals surface area contributed by atoms with Gasteiger partial charge in [-0.25, -0.2) is 14.8 Å². The molecule has 1 aromatic heterocycles. The summed E-state index contributed by atoms with van der Waals surface area (Å²) in [7, 11) is 0. The third-order valence-electron chi connectivity index (χ3n) is 4.54. The fraction of sp³-hybridized carbons (Fsp3) is 0.625. The number of aromatic nitrogens is 2. The molecule has 2 saturated heterocycles. The third kappa shape index (κ3) is 3.13. The Morgan fingerprint density at radius 1 is 1.30 bits per heavy atom. The van der Waals surface area contributed by atoms with Crippen molar-refractivity contribution < 1.29 is 14.3 Å². The first-order valence-electron chi connectivity index (χ1n) is 8.03. The summed E-state index contributed by atoms with van der Waals surface area (Å²) in [4.78, 5) is 35.8. The minimum absolute atomic E-state index is 0.0239. The lowest BCUT2D eigenvalue weighted by molar-refractivity contribution is -0.129. The predicted octanol–water partition coefficient (Wildman–Crippen LogP) is 1.86. The molecule has 1 atom stereocenters. The highest BCUT2D eigenvalue weighted by Gasteiger charge is 2.33. The number of rotatable bonds is 2. The Balaban J connectivity index is 1.81. The predicted molar refractivity (Wildman–Crippen MR) is 84.3 cm³/mol. The summed E-state index contributed by atoms with van der Waals surface area (Å²) in [6.07, 6.45) is 1.42. The maximum Gasteiger partial charge on any atom is 0.415 e. The second kappa shape index (κ2) is 6.14. The normalized spacial score (nSPS) is 22.4. The summed E-state index contributed by atoms with van der Waals surface area (Å²) in [5.74, 6) is 1.67. The van der Waals surface area contributed by atoms with E-state index >= 15 is 0 Å². The first kappa shape index (κ1) is 15.7. The molecule has 7 nitrogen and oxygen atoms in total. The number of hydrogen-bond acceptors (Lipinski definition) is 5. The maximum absolute atomic E-state index is 11.9. The van der Waals surface area contributed by atoms with E-state index in [4.69, 9.17) is 4.74 Å². The largest absolute Gasteiger partial charge is 0.447 e. The lowest BCUT2D eigenvalue weighted by Crippen LogP contribution is -2.36. The van der Waals surface area contributed by atoms with E-state index in [2.05, 4.69) is 9.97 Å². The summed E-state index contributed by atoms with van der Waals surface area (Å²) in [6, 6.07) is 1.87. The van der Waals surface area contributed by atoms with Crippen LogP contribution in [0.5, 0.6) is 0 Å². The summed E-state index contributed by atoms with van der Waals surface area (Å²) >= 11 is 0. The summed E-state index contributed by atoms with van der Waals surface area (Å²) in [5.41, 5.74) is 0.947. The van der Waals surface area contributed by atoms with Crippen LogP contribution in [0.25, 0.3) is 0 Å². The number of amides is 2. The average molecular weight is 318 g/mol. The zero-order valence-electron chi connectivity index (χ0n) is 13.8. The number of ether oxygens (including phenoxy) is 1. The number of anilines is 1. The highest BCUT2D eigenvalue weighted by molar-refractivity contribution is 5.89. The summed E-state index contributed by atoms with van der Waals surface area (Å²) < 4.78 is 5.08. The van der Waals surface area contributed by atoms with Gasteiger partial charge in [-0.3, -0.25) is 9.69 Å². The van der Waals surface area contributed by atoms with Crippen molar-refractivity contribution >= 4 is 17.8 Å². The molecule has 2 amide bonds. The van der Waals surface area contributed by atoms with Crippen molar-refractivity contribution in [1.29, 1.82) is 0 Å². The molecule has 0 aromatic carbocycles. The Kier molecular flexibility index (Phi) is 4.19. The number of piperidine rings is 1.